The number of hydrogen-bond acceptors (Lipinski definition) is 2. The largest absolute Gasteiger partial charge is 0.491 e. The van der Waals surface area contributed by atoms with Crippen molar-refractivity contribution >= 4 is 6.03 Å². The topological polar surface area (TPSA) is 50.4 Å². The molecule has 0 aromatic heterocycles. The van der Waals surface area contributed by atoms with Crippen LogP contribution in [0.25, 0.3) is 0 Å². The number of ether oxygens (including phenoxy) is 1. The van der Waals surface area contributed by atoms with Crippen LogP contribution in [0, 0.1) is 11.6 Å². The summed E-state index contributed by atoms with van der Waals surface area (Å²) in [6.45, 7) is 1.80. The number of carbonyl (C=O) groups excluding carboxylic acids is 1. The Morgan fingerprint density at radius 3 is 2.26 bits per heavy atom. The highest BCUT2D eigenvalue weighted by Gasteiger charge is 2.40. The molecule has 4 nitrogen and oxygen atoms in total. The Balaban J connectivity index is 1.94. The number of benzene rings is 3. The Bertz CT molecular complexity index is 1260. The molecule has 3 aromatic carbocycles. The van der Waals surface area contributed by atoms with Gasteiger partial charge in [-0.1, -0.05) is 49.2 Å². The second-order valence-electron chi connectivity index (χ2n) is 9.45. The van der Waals surface area contributed by atoms with E-state index in [0.717, 1.165) is 43.9 Å². The first kappa shape index (κ1) is 27.4. The van der Waals surface area contributed by atoms with Gasteiger partial charge in [-0.25, -0.2) is 13.6 Å². The fraction of sp³-hybridized carbons (Fsp3) is 0.345. The van der Waals surface area contributed by atoms with Crippen LogP contribution in [0.3, 0.4) is 0 Å². The van der Waals surface area contributed by atoms with Crippen LogP contribution in [0.15, 0.2) is 66.7 Å². The van der Waals surface area contributed by atoms with Crippen molar-refractivity contribution in [2.24, 2.45) is 0 Å². The van der Waals surface area contributed by atoms with Gasteiger partial charge >= 0.3 is 12.2 Å². The summed E-state index contributed by atoms with van der Waals surface area (Å²) in [6, 6.07) is 14.1. The van der Waals surface area contributed by atoms with Crippen LogP contribution in [-0.4, -0.2) is 18.7 Å². The monoisotopic (exact) mass is 532 g/mol. The minimum absolute atomic E-state index is 0.0378. The van der Waals surface area contributed by atoms with Crippen LogP contribution in [0.1, 0.15) is 54.9 Å². The van der Waals surface area contributed by atoms with Crippen molar-refractivity contribution in [2.75, 3.05) is 6.61 Å². The Morgan fingerprint density at radius 1 is 0.921 bits per heavy atom. The maximum absolute atomic E-state index is 14.8. The fourth-order valence-electron chi connectivity index (χ4n) is 4.98. The second kappa shape index (κ2) is 11.4. The van der Waals surface area contributed by atoms with Crippen molar-refractivity contribution < 1.29 is 31.5 Å². The molecule has 0 saturated heterocycles. The highest BCUT2D eigenvalue weighted by Crippen LogP contribution is 2.39. The number of rotatable bonds is 8. The van der Waals surface area contributed by atoms with Crippen molar-refractivity contribution in [3.8, 4) is 5.75 Å². The van der Waals surface area contributed by atoms with Crippen LogP contribution in [0.5, 0.6) is 5.75 Å². The molecule has 1 fully saturated rings. The van der Waals surface area contributed by atoms with Gasteiger partial charge in [0, 0.05) is 12.5 Å². The molecule has 1 saturated carbocycles. The van der Waals surface area contributed by atoms with Gasteiger partial charge in [0.15, 0.2) is 11.6 Å². The lowest BCUT2D eigenvalue weighted by atomic mass is 9.77. The molecule has 38 heavy (non-hydrogen) atoms. The molecule has 0 unspecified atom stereocenters. The summed E-state index contributed by atoms with van der Waals surface area (Å²) in [5, 5.41) is 5.77. The van der Waals surface area contributed by atoms with Gasteiger partial charge in [0.2, 0.25) is 0 Å². The minimum Gasteiger partial charge on any atom is -0.491 e. The third kappa shape index (κ3) is 6.26. The number of carbonyl (C=O) groups is 1. The summed E-state index contributed by atoms with van der Waals surface area (Å²) in [4.78, 5) is 13.4. The number of amides is 2. The van der Waals surface area contributed by atoms with Crippen LogP contribution in [-0.2, 0) is 18.1 Å². The summed E-state index contributed by atoms with van der Waals surface area (Å²) in [5.41, 5.74) is -2.13. The van der Waals surface area contributed by atoms with E-state index in [1.165, 1.54) is 12.1 Å². The maximum atomic E-state index is 14.8. The lowest BCUT2D eigenvalue weighted by molar-refractivity contribution is -0.137. The van der Waals surface area contributed by atoms with Gasteiger partial charge in [-0.2, -0.15) is 13.2 Å². The predicted molar refractivity (Wildman–Crippen MR) is 134 cm³/mol. The molecule has 0 spiro atoms. The van der Waals surface area contributed by atoms with Crippen molar-refractivity contribution in [3.05, 3.63) is 101 Å². The zero-order chi connectivity index (χ0) is 27.3. The molecule has 4 rings (SSSR count). The maximum Gasteiger partial charge on any atom is 0.416 e. The standard InChI is InChI=1S/C29H29F5N2O2/c1-2-38-26-17-20(12-13-25(26)31)28(18-19-8-4-3-5-9-19,36-27(37)35-24-10-6-7-11-24)21-14-22(29(32,33)34)16-23(30)15-21/h3-5,8-9,12-17,24H,2,6-7,10-11,18H2,1H3,(H2,35,36,37)/t28-/m1/s1. The average molecular weight is 533 g/mol. The first-order valence-electron chi connectivity index (χ1n) is 12.5. The molecule has 3 aromatic rings. The van der Waals surface area contributed by atoms with Crippen molar-refractivity contribution in [2.45, 2.75) is 56.8 Å². The first-order valence-corrected chi connectivity index (χ1v) is 12.5. The van der Waals surface area contributed by atoms with Gasteiger partial charge in [0.1, 0.15) is 5.82 Å². The van der Waals surface area contributed by atoms with Gasteiger partial charge in [-0.3, -0.25) is 0 Å². The third-order valence-electron chi connectivity index (χ3n) is 6.77. The zero-order valence-corrected chi connectivity index (χ0v) is 20.9. The van der Waals surface area contributed by atoms with E-state index in [1.54, 1.807) is 37.3 Å². The molecule has 2 amide bonds. The summed E-state index contributed by atoms with van der Waals surface area (Å²) >= 11 is 0. The lowest BCUT2D eigenvalue weighted by Gasteiger charge is -2.37. The summed E-state index contributed by atoms with van der Waals surface area (Å²) in [6.07, 6.45) is -1.40. The predicted octanol–water partition coefficient (Wildman–Crippen LogP) is 7.11. The quantitative estimate of drug-likeness (QED) is 0.304. The number of urea groups is 1. The summed E-state index contributed by atoms with van der Waals surface area (Å²) in [7, 11) is 0. The van der Waals surface area contributed by atoms with Crippen LogP contribution in [0.4, 0.5) is 26.7 Å². The Labute approximate surface area is 218 Å². The fourth-order valence-corrected chi connectivity index (χ4v) is 4.98. The SMILES string of the molecule is CCOc1cc([C@@](Cc2ccccc2)(NC(=O)NC2CCCC2)c2cc(F)cc(C(F)(F)F)c2)ccc1F. The van der Waals surface area contributed by atoms with E-state index >= 15 is 0 Å². The van der Waals surface area contributed by atoms with Gasteiger partial charge < -0.3 is 15.4 Å². The van der Waals surface area contributed by atoms with Crippen LogP contribution in [0.2, 0.25) is 0 Å². The van der Waals surface area contributed by atoms with Crippen molar-refractivity contribution in [1.82, 2.24) is 10.6 Å². The van der Waals surface area contributed by atoms with Crippen molar-refractivity contribution in [1.29, 1.82) is 0 Å². The van der Waals surface area contributed by atoms with Crippen LogP contribution < -0.4 is 15.4 Å². The molecule has 1 aliphatic rings. The molecule has 0 bridgehead atoms. The molecule has 2 N–H and O–H groups in total. The van der Waals surface area contributed by atoms with E-state index in [0.29, 0.717) is 11.6 Å². The molecule has 202 valence electrons. The smallest absolute Gasteiger partial charge is 0.416 e. The van der Waals surface area contributed by atoms with E-state index in [1.807, 2.05) is 0 Å². The highest BCUT2D eigenvalue weighted by atomic mass is 19.4. The molecule has 1 atom stereocenters. The second-order valence-corrected chi connectivity index (χ2v) is 9.45. The number of nitrogens with one attached hydrogen (secondary N) is 2. The number of halogens is 5. The highest BCUT2D eigenvalue weighted by molar-refractivity contribution is 5.76. The Kier molecular flexibility index (Phi) is 8.23. The Hall–Kier alpha value is -3.62. The molecule has 0 heterocycles. The van der Waals surface area contributed by atoms with Crippen molar-refractivity contribution in [3.63, 3.8) is 0 Å². The van der Waals surface area contributed by atoms with Gasteiger partial charge in [0.05, 0.1) is 17.7 Å². The van der Waals surface area contributed by atoms with Gasteiger partial charge in [-0.05, 0) is 66.8 Å². The molecule has 1 aliphatic carbocycles. The average Bonchev–Trinajstić information content (AvgIpc) is 3.37. The minimum atomic E-state index is -4.83. The zero-order valence-electron chi connectivity index (χ0n) is 20.9. The number of hydrogen-bond donors (Lipinski definition) is 2. The molecular weight excluding hydrogens is 503 g/mol. The summed E-state index contributed by atoms with van der Waals surface area (Å²) < 4.78 is 76.1. The third-order valence-corrected chi connectivity index (χ3v) is 6.77. The molecule has 0 radical (unpaired) electrons. The summed E-state index contributed by atoms with van der Waals surface area (Å²) in [5.74, 6) is -1.92. The normalized spacial score (nSPS) is 15.6. The van der Waals surface area contributed by atoms with Gasteiger partial charge in [0.25, 0.3) is 0 Å². The molecular formula is C29H29F5N2O2. The van der Waals surface area contributed by atoms with Gasteiger partial charge in [-0.15, -0.1) is 0 Å². The van der Waals surface area contributed by atoms with E-state index in [4.69, 9.17) is 4.74 Å². The van der Waals surface area contributed by atoms with E-state index in [2.05, 4.69) is 10.6 Å². The molecule has 0 aliphatic heterocycles. The van der Waals surface area contributed by atoms with E-state index in [-0.39, 0.29) is 35.9 Å². The lowest BCUT2D eigenvalue weighted by Crippen LogP contribution is -2.53. The van der Waals surface area contributed by atoms with E-state index in [9.17, 15) is 26.7 Å². The number of alkyl halides is 3. The first-order chi connectivity index (χ1) is 18.1. The van der Waals surface area contributed by atoms with Crippen LogP contribution >= 0.6 is 0 Å². The Morgan fingerprint density at radius 2 is 1.61 bits per heavy atom. The molecule has 9 heteroatoms. The van der Waals surface area contributed by atoms with E-state index < -0.39 is 34.9 Å².